The molecule has 0 amide bonds. The molecule has 3 N–H and O–H groups in total. The number of rotatable bonds is 11. The molecule has 0 spiro atoms. The molecule has 0 aromatic heterocycles. The molecule has 0 unspecified atom stereocenters. The minimum Gasteiger partial charge on any atom is -0.495 e. The van der Waals surface area contributed by atoms with E-state index in [1.165, 1.54) is 20.3 Å². The standard InChI is InChI=1S/C28H29ClN2O6/c1-33-24-9-8-19(15-21(24)30)23(32)10-11-31-22-16-25(34-2)20(29)14-18(22)7-6-17-12-26(35-3)28(37-5)27(13-17)36-4/h6-16,31H,30H2,1-5H3. The third-order valence-electron chi connectivity index (χ3n) is 5.45. The Bertz CT molecular complexity index is 1310. The molecule has 0 aliphatic heterocycles. The number of anilines is 2. The SMILES string of the molecule is COc1ccc(C(=O)C=CNc2cc(OC)c(Cl)cc2C=Cc2cc(OC)c(OC)c(OC)c2)cc1N. The van der Waals surface area contributed by atoms with E-state index in [-0.39, 0.29) is 5.78 Å². The maximum Gasteiger partial charge on any atom is 0.203 e. The normalized spacial score (nSPS) is 11.0. The van der Waals surface area contributed by atoms with Crippen LogP contribution >= 0.6 is 11.6 Å². The van der Waals surface area contributed by atoms with E-state index in [9.17, 15) is 4.79 Å². The van der Waals surface area contributed by atoms with Crippen LogP contribution in [0.3, 0.4) is 0 Å². The van der Waals surface area contributed by atoms with Crippen LogP contribution < -0.4 is 34.7 Å². The van der Waals surface area contributed by atoms with Crippen molar-refractivity contribution in [3.05, 3.63) is 76.5 Å². The van der Waals surface area contributed by atoms with Gasteiger partial charge in [-0.05, 0) is 47.5 Å². The van der Waals surface area contributed by atoms with Gasteiger partial charge in [0.2, 0.25) is 5.75 Å². The predicted octanol–water partition coefficient (Wildman–Crippen LogP) is 5.94. The molecule has 0 fully saturated rings. The summed E-state index contributed by atoms with van der Waals surface area (Å²) in [5, 5.41) is 3.57. The van der Waals surface area contributed by atoms with E-state index in [2.05, 4.69) is 5.32 Å². The molecule has 0 saturated heterocycles. The number of nitrogens with one attached hydrogen (secondary N) is 1. The fourth-order valence-electron chi connectivity index (χ4n) is 3.56. The number of ketones is 1. The molecule has 0 bridgehead atoms. The number of nitrogens with two attached hydrogens (primary N) is 1. The molecule has 8 nitrogen and oxygen atoms in total. The van der Waals surface area contributed by atoms with Gasteiger partial charge in [-0.2, -0.15) is 0 Å². The second-order valence-electron chi connectivity index (χ2n) is 7.66. The zero-order valence-corrected chi connectivity index (χ0v) is 22.0. The fourth-order valence-corrected chi connectivity index (χ4v) is 3.81. The number of hydrogen-bond acceptors (Lipinski definition) is 8. The van der Waals surface area contributed by atoms with Gasteiger partial charge in [0, 0.05) is 29.6 Å². The Kier molecular flexibility index (Phi) is 9.29. The number of carbonyl (C=O) groups is 1. The molecule has 3 rings (SSSR count). The van der Waals surface area contributed by atoms with Gasteiger partial charge in [0.1, 0.15) is 11.5 Å². The first kappa shape index (κ1) is 27.3. The lowest BCUT2D eigenvalue weighted by Gasteiger charge is -2.13. The van der Waals surface area contributed by atoms with Crippen LogP contribution in [0, 0.1) is 0 Å². The van der Waals surface area contributed by atoms with Gasteiger partial charge in [0.15, 0.2) is 17.3 Å². The number of halogens is 1. The van der Waals surface area contributed by atoms with Crippen molar-refractivity contribution < 1.29 is 28.5 Å². The Morgan fingerprint density at radius 2 is 1.46 bits per heavy atom. The summed E-state index contributed by atoms with van der Waals surface area (Å²) >= 11 is 6.38. The average molecular weight is 525 g/mol. The van der Waals surface area contributed by atoms with Gasteiger partial charge < -0.3 is 34.7 Å². The average Bonchev–Trinajstić information content (AvgIpc) is 2.91. The second-order valence-corrected chi connectivity index (χ2v) is 8.07. The Balaban J connectivity index is 1.89. The first-order valence-corrected chi connectivity index (χ1v) is 11.5. The van der Waals surface area contributed by atoms with E-state index in [1.54, 1.807) is 57.9 Å². The molecule has 0 atom stereocenters. The Morgan fingerprint density at radius 3 is 2.03 bits per heavy atom. The van der Waals surface area contributed by atoms with E-state index in [4.69, 9.17) is 41.0 Å². The fraction of sp³-hybridized carbons (Fsp3) is 0.179. The predicted molar refractivity (Wildman–Crippen MR) is 148 cm³/mol. The lowest BCUT2D eigenvalue weighted by atomic mass is 10.1. The number of nitrogen functional groups attached to an aromatic ring is 1. The van der Waals surface area contributed by atoms with Gasteiger partial charge >= 0.3 is 0 Å². The van der Waals surface area contributed by atoms with Crippen molar-refractivity contribution in [1.82, 2.24) is 0 Å². The summed E-state index contributed by atoms with van der Waals surface area (Å²) in [4.78, 5) is 12.6. The Morgan fingerprint density at radius 1 is 0.811 bits per heavy atom. The highest BCUT2D eigenvalue weighted by Gasteiger charge is 2.13. The molecule has 0 aliphatic carbocycles. The smallest absolute Gasteiger partial charge is 0.203 e. The van der Waals surface area contributed by atoms with Crippen LogP contribution in [0.4, 0.5) is 11.4 Å². The minimum absolute atomic E-state index is 0.225. The minimum atomic E-state index is -0.225. The summed E-state index contributed by atoms with van der Waals surface area (Å²) in [7, 11) is 7.72. The molecule has 0 heterocycles. The molecule has 9 heteroatoms. The number of allylic oxidation sites excluding steroid dienone is 1. The van der Waals surface area contributed by atoms with Gasteiger partial charge in [0.25, 0.3) is 0 Å². The van der Waals surface area contributed by atoms with Crippen molar-refractivity contribution in [1.29, 1.82) is 0 Å². The summed E-state index contributed by atoms with van der Waals surface area (Å²) in [5.74, 6) is 2.34. The van der Waals surface area contributed by atoms with Gasteiger partial charge in [-0.15, -0.1) is 0 Å². The maximum atomic E-state index is 12.6. The summed E-state index contributed by atoms with van der Waals surface area (Å²) < 4.78 is 26.8. The highest BCUT2D eigenvalue weighted by Crippen LogP contribution is 2.39. The van der Waals surface area contributed by atoms with Crippen LogP contribution in [0.25, 0.3) is 12.2 Å². The van der Waals surface area contributed by atoms with Crippen molar-refractivity contribution in [3.63, 3.8) is 0 Å². The summed E-state index contributed by atoms with van der Waals surface area (Å²) in [5.41, 5.74) is 8.98. The third kappa shape index (κ3) is 6.48. The molecule has 3 aromatic rings. The molecule has 0 radical (unpaired) electrons. The molecule has 0 saturated carbocycles. The van der Waals surface area contributed by atoms with E-state index in [1.807, 2.05) is 24.3 Å². The topological polar surface area (TPSA) is 101 Å². The number of methoxy groups -OCH3 is 5. The molecule has 194 valence electrons. The quantitative estimate of drug-likeness (QED) is 0.137. The molecule has 0 aliphatic rings. The van der Waals surface area contributed by atoms with Crippen molar-refractivity contribution in [2.75, 3.05) is 46.6 Å². The van der Waals surface area contributed by atoms with Crippen LogP contribution in [0.2, 0.25) is 5.02 Å². The number of ether oxygens (including phenoxy) is 5. The highest BCUT2D eigenvalue weighted by atomic mass is 35.5. The van der Waals surface area contributed by atoms with Crippen LogP contribution in [0.5, 0.6) is 28.7 Å². The monoisotopic (exact) mass is 524 g/mol. The van der Waals surface area contributed by atoms with E-state index < -0.39 is 0 Å². The molecular weight excluding hydrogens is 496 g/mol. The summed E-state index contributed by atoms with van der Waals surface area (Å²) in [6, 6.07) is 12.0. The van der Waals surface area contributed by atoms with Crippen LogP contribution in [-0.2, 0) is 0 Å². The number of carbonyl (C=O) groups excluding carboxylic acids is 1. The van der Waals surface area contributed by atoms with Crippen molar-refractivity contribution in [3.8, 4) is 28.7 Å². The summed E-state index contributed by atoms with van der Waals surface area (Å²) in [6.45, 7) is 0. The molecule has 3 aromatic carbocycles. The van der Waals surface area contributed by atoms with Gasteiger partial charge in [0.05, 0.1) is 46.3 Å². The van der Waals surface area contributed by atoms with Gasteiger partial charge in [-0.1, -0.05) is 23.8 Å². The van der Waals surface area contributed by atoms with Crippen LogP contribution in [0.1, 0.15) is 21.5 Å². The Labute approximate surface area is 221 Å². The van der Waals surface area contributed by atoms with Gasteiger partial charge in [-0.25, -0.2) is 0 Å². The Hall–Kier alpha value is -4.30. The van der Waals surface area contributed by atoms with E-state index in [0.29, 0.717) is 50.7 Å². The number of benzene rings is 3. The van der Waals surface area contributed by atoms with Crippen molar-refractivity contribution in [2.24, 2.45) is 0 Å². The van der Waals surface area contributed by atoms with E-state index in [0.717, 1.165) is 11.1 Å². The van der Waals surface area contributed by atoms with Crippen molar-refractivity contribution in [2.45, 2.75) is 0 Å². The van der Waals surface area contributed by atoms with Crippen LogP contribution in [-0.4, -0.2) is 41.3 Å². The van der Waals surface area contributed by atoms with Crippen molar-refractivity contribution >= 4 is 40.9 Å². The largest absolute Gasteiger partial charge is 0.495 e. The zero-order valence-electron chi connectivity index (χ0n) is 21.3. The zero-order chi connectivity index (χ0) is 26.9. The molecular formula is C28H29ClN2O6. The number of hydrogen-bond donors (Lipinski definition) is 2. The molecule has 37 heavy (non-hydrogen) atoms. The highest BCUT2D eigenvalue weighted by molar-refractivity contribution is 6.32. The first-order valence-electron chi connectivity index (χ1n) is 11.1. The lowest BCUT2D eigenvalue weighted by molar-refractivity contribution is 0.104. The first-order chi connectivity index (χ1) is 17.8. The third-order valence-corrected chi connectivity index (χ3v) is 5.75. The summed E-state index contributed by atoms with van der Waals surface area (Å²) in [6.07, 6.45) is 6.70. The van der Waals surface area contributed by atoms with E-state index >= 15 is 0 Å². The second kappa shape index (κ2) is 12.6. The lowest BCUT2D eigenvalue weighted by Crippen LogP contribution is -2.00. The van der Waals surface area contributed by atoms with Crippen LogP contribution in [0.15, 0.2) is 54.7 Å². The van der Waals surface area contributed by atoms with Gasteiger partial charge in [-0.3, -0.25) is 4.79 Å². The maximum absolute atomic E-state index is 12.6.